The predicted molar refractivity (Wildman–Crippen MR) is 128 cm³/mol. The molecule has 0 radical (unpaired) electrons. The maximum Gasteiger partial charge on any atom is 0.152 e. The smallest absolute Gasteiger partial charge is 0.152 e. The highest BCUT2D eigenvalue weighted by molar-refractivity contribution is 7.22. The first-order valence-corrected chi connectivity index (χ1v) is 11.7. The Kier molecular flexibility index (Phi) is 5.32. The summed E-state index contributed by atoms with van der Waals surface area (Å²) in [5, 5.41) is 5.76. The number of fused-ring (bicyclic) bond motifs is 2. The van der Waals surface area contributed by atoms with Crippen molar-refractivity contribution in [3.63, 3.8) is 0 Å². The van der Waals surface area contributed by atoms with Gasteiger partial charge in [0.05, 0.1) is 11.8 Å². The van der Waals surface area contributed by atoms with Crippen LogP contribution in [-0.2, 0) is 6.42 Å². The molecule has 0 aliphatic carbocycles. The van der Waals surface area contributed by atoms with Gasteiger partial charge in [0.2, 0.25) is 0 Å². The molecule has 0 saturated carbocycles. The third-order valence-corrected chi connectivity index (χ3v) is 7.60. The topological polar surface area (TPSA) is 68.7 Å². The molecule has 1 aliphatic rings. The predicted octanol–water partition coefficient (Wildman–Crippen LogP) is 4.78. The number of hydrogen-bond donors (Lipinski definition) is 1. The molecule has 1 aliphatic heterocycles. The van der Waals surface area contributed by atoms with Gasteiger partial charge in [0.1, 0.15) is 17.6 Å². The number of ether oxygens (including phenoxy) is 1. The summed E-state index contributed by atoms with van der Waals surface area (Å²) >= 11 is 1.74. The standard InChI is InChI=1S/C24H29N5OS/c1-15-9-17-11-21(31-23(17)20(10-15)30-3)19-12-18(29-22(19)24(25)26-14-27-29)7-6-16-5-4-8-28(2)13-16/h9-12,14,16H,4-8,13H2,1-3H3,(H2,25,26,27). The summed E-state index contributed by atoms with van der Waals surface area (Å²) in [6, 6.07) is 8.79. The molecule has 1 atom stereocenters. The number of thiophene rings is 1. The van der Waals surface area contributed by atoms with E-state index in [0.29, 0.717) is 5.82 Å². The normalized spacial score (nSPS) is 17.6. The van der Waals surface area contributed by atoms with Gasteiger partial charge in [-0.05, 0) is 81.3 Å². The number of nitrogen functional groups attached to an aromatic ring is 1. The van der Waals surface area contributed by atoms with Crippen molar-refractivity contribution < 1.29 is 4.74 Å². The molecular weight excluding hydrogens is 406 g/mol. The minimum Gasteiger partial charge on any atom is -0.495 e. The number of nitrogens with zero attached hydrogens (tertiary/aromatic N) is 4. The van der Waals surface area contributed by atoms with Crippen molar-refractivity contribution in [3.8, 4) is 16.2 Å². The van der Waals surface area contributed by atoms with Crippen LogP contribution in [0.15, 0.2) is 30.6 Å². The maximum atomic E-state index is 6.34. The second-order valence-electron chi connectivity index (χ2n) is 8.76. The third-order valence-electron chi connectivity index (χ3n) is 6.40. The van der Waals surface area contributed by atoms with Gasteiger partial charge in [-0.3, -0.25) is 0 Å². The molecule has 6 nitrogen and oxygen atoms in total. The molecule has 3 aromatic heterocycles. The highest BCUT2D eigenvalue weighted by atomic mass is 32.1. The number of methoxy groups -OCH3 is 1. The van der Waals surface area contributed by atoms with Crippen LogP contribution >= 0.6 is 11.3 Å². The Balaban J connectivity index is 1.55. The number of aryl methyl sites for hydroxylation is 2. The Morgan fingerprint density at radius 3 is 2.94 bits per heavy atom. The van der Waals surface area contributed by atoms with Crippen LogP contribution in [0.5, 0.6) is 5.75 Å². The summed E-state index contributed by atoms with van der Waals surface area (Å²) in [6.45, 7) is 4.50. The minimum atomic E-state index is 0.522. The number of aromatic nitrogens is 3. The number of hydrogen-bond acceptors (Lipinski definition) is 6. The Labute approximate surface area is 186 Å². The Bertz CT molecular complexity index is 1240. The molecule has 162 valence electrons. The van der Waals surface area contributed by atoms with Crippen molar-refractivity contribution in [1.82, 2.24) is 19.5 Å². The summed E-state index contributed by atoms with van der Waals surface area (Å²) in [7, 11) is 3.95. The van der Waals surface area contributed by atoms with E-state index in [0.717, 1.165) is 33.9 Å². The van der Waals surface area contributed by atoms with E-state index in [1.807, 2.05) is 4.52 Å². The van der Waals surface area contributed by atoms with E-state index in [1.54, 1.807) is 24.8 Å². The molecule has 7 heteroatoms. The first kappa shape index (κ1) is 20.3. The summed E-state index contributed by atoms with van der Waals surface area (Å²) in [5.41, 5.74) is 10.7. The minimum absolute atomic E-state index is 0.522. The number of anilines is 1. The van der Waals surface area contributed by atoms with E-state index in [2.05, 4.69) is 53.2 Å². The molecule has 0 amide bonds. The Hall–Kier alpha value is -2.64. The Morgan fingerprint density at radius 2 is 2.13 bits per heavy atom. The molecule has 1 saturated heterocycles. The van der Waals surface area contributed by atoms with E-state index in [9.17, 15) is 0 Å². The first-order valence-electron chi connectivity index (χ1n) is 10.9. The van der Waals surface area contributed by atoms with Crippen molar-refractivity contribution in [2.45, 2.75) is 32.6 Å². The van der Waals surface area contributed by atoms with Crippen LogP contribution in [0, 0.1) is 12.8 Å². The summed E-state index contributed by atoms with van der Waals surface area (Å²) in [5.74, 6) is 2.18. The van der Waals surface area contributed by atoms with Crippen LogP contribution in [0.4, 0.5) is 5.82 Å². The van der Waals surface area contributed by atoms with Gasteiger partial charge in [0.15, 0.2) is 5.82 Å². The molecule has 5 rings (SSSR count). The van der Waals surface area contributed by atoms with Gasteiger partial charge < -0.3 is 15.4 Å². The zero-order chi connectivity index (χ0) is 21.5. The SMILES string of the molecule is COc1cc(C)cc2cc(-c3cc(CCC4CCCN(C)C4)n4ncnc(N)c34)sc12. The average Bonchev–Trinajstić information content (AvgIpc) is 3.34. The largest absolute Gasteiger partial charge is 0.495 e. The monoisotopic (exact) mass is 435 g/mol. The fourth-order valence-corrected chi connectivity index (χ4v) is 6.06. The van der Waals surface area contributed by atoms with Crippen molar-refractivity contribution in [2.24, 2.45) is 5.92 Å². The first-order chi connectivity index (χ1) is 15.0. The lowest BCUT2D eigenvalue weighted by atomic mass is 9.93. The molecule has 1 fully saturated rings. The van der Waals surface area contributed by atoms with Gasteiger partial charge in [-0.1, -0.05) is 6.07 Å². The number of benzene rings is 1. The molecule has 4 heterocycles. The fraction of sp³-hybridized carbons (Fsp3) is 0.417. The second kappa shape index (κ2) is 8.13. The summed E-state index contributed by atoms with van der Waals surface area (Å²) in [6.07, 6.45) is 6.32. The lowest BCUT2D eigenvalue weighted by Gasteiger charge is -2.29. The second-order valence-corrected chi connectivity index (χ2v) is 9.81. The number of piperidine rings is 1. The van der Waals surface area contributed by atoms with Crippen LogP contribution in [0.25, 0.3) is 26.0 Å². The number of rotatable bonds is 5. The highest BCUT2D eigenvalue weighted by Crippen LogP contribution is 2.42. The number of likely N-dealkylation sites (tertiary alicyclic amines) is 1. The van der Waals surface area contributed by atoms with Crippen molar-refractivity contribution in [1.29, 1.82) is 0 Å². The molecule has 1 unspecified atom stereocenters. The van der Waals surface area contributed by atoms with Crippen LogP contribution < -0.4 is 10.5 Å². The molecule has 1 aromatic carbocycles. The van der Waals surface area contributed by atoms with Gasteiger partial charge in [-0.2, -0.15) is 5.10 Å². The van der Waals surface area contributed by atoms with E-state index in [-0.39, 0.29) is 0 Å². The van der Waals surface area contributed by atoms with Gasteiger partial charge >= 0.3 is 0 Å². The van der Waals surface area contributed by atoms with Crippen LogP contribution in [0.3, 0.4) is 0 Å². The molecule has 0 spiro atoms. The van der Waals surface area contributed by atoms with Gasteiger partial charge in [-0.25, -0.2) is 9.50 Å². The molecule has 4 aromatic rings. The quantitative estimate of drug-likeness (QED) is 0.488. The average molecular weight is 436 g/mol. The highest BCUT2D eigenvalue weighted by Gasteiger charge is 2.21. The number of nitrogens with two attached hydrogens (primary N) is 1. The summed E-state index contributed by atoms with van der Waals surface area (Å²) in [4.78, 5) is 7.90. The lowest BCUT2D eigenvalue weighted by Crippen LogP contribution is -2.32. The van der Waals surface area contributed by atoms with E-state index in [4.69, 9.17) is 10.5 Å². The van der Waals surface area contributed by atoms with E-state index in [1.165, 1.54) is 53.9 Å². The molecule has 0 bridgehead atoms. The van der Waals surface area contributed by atoms with Gasteiger partial charge in [0, 0.05) is 22.7 Å². The zero-order valence-corrected chi connectivity index (χ0v) is 19.2. The molecular formula is C24H29N5OS. The van der Waals surface area contributed by atoms with Gasteiger partial charge in [0.25, 0.3) is 0 Å². The maximum absolute atomic E-state index is 6.34. The molecule has 2 N–H and O–H groups in total. The van der Waals surface area contributed by atoms with Crippen LogP contribution in [0.2, 0.25) is 0 Å². The van der Waals surface area contributed by atoms with Crippen molar-refractivity contribution in [2.75, 3.05) is 33.0 Å². The molecule has 31 heavy (non-hydrogen) atoms. The van der Waals surface area contributed by atoms with Crippen molar-refractivity contribution >= 4 is 32.8 Å². The van der Waals surface area contributed by atoms with E-state index < -0.39 is 0 Å². The third kappa shape index (κ3) is 3.77. The Morgan fingerprint density at radius 1 is 1.26 bits per heavy atom. The van der Waals surface area contributed by atoms with Crippen LogP contribution in [0.1, 0.15) is 30.5 Å². The summed E-state index contributed by atoms with van der Waals surface area (Å²) < 4.78 is 8.79. The van der Waals surface area contributed by atoms with Crippen LogP contribution in [-0.4, -0.2) is 46.7 Å². The fourth-order valence-electron chi connectivity index (χ4n) is 4.91. The van der Waals surface area contributed by atoms with Gasteiger partial charge in [-0.15, -0.1) is 11.3 Å². The van der Waals surface area contributed by atoms with Crippen molar-refractivity contribution in [3.05, 3.63) is 41.9 Å². The zero-order valence-electron chi connectivity index (χ0n) is 18.4. The lowest BCUT2D eigenvalue weighted by molar-refractivity contribution is 0.202. The van der Waals surface area contributed by atoms with E-state index >= 15 is 0 Å².